The molecular formula is C15H22N2O5. The van der Waals surface area contributed by atoms with Crippen LogP contribution in [0.5, 0.6) is 11.5 Å². The van der Waals surface area contributed by atoms with Crippen molar-refractivity contribution in [1.82, 2.24) is 0 Å². The zero-order chi connectivity index (χ0) is 16.3. The molecule has 2 rings (SSSR count). The van der Waals surface area contributed by atoms with E-state index in [2.05, 4.69) is 5.16 Å². The van der Waals surface area contributed by atoms with Crippen molar-refractivity contribution >= 4 is 5.84 Å². The van der Waals surface area contributed by atoms with Crippen LogP contribution < -0.4 is 15.2 Å². The molecule has 0 aromatic heterocycles. The Bertz CT molecular complexity index is 571. The van der Waals surface area contributed by atoms with Crippen LogP contribution in [0.25, 0.3) is 0 Å². The lowest BCUT2D eigenvalue weighted by atomic mass is 10.1. The molecule has 1 aromatic rings. The summed E-state index contributed by atoms with van der Waals surface area (Å²) in [6, 6.07) is 3.43. The highest BCUT2D eigenvalue weighted by Crippen LogP contribution is 2.33. The highest BCUT2D eigenvalue weighted by Gasteiger charge is 2.33. The summed E-state index contributed by atoms with van der Waals surface area (Å²) in [5.41, 5.74) is 6.99. The molecule has 1 aliphatic heterocycles. The molecular weight excluding hydrogens is 288 g/mol. The van der Waals surface area contributed by atoms with Crippen molar-refractivity contribution in [3.05, 3.63) is 23.3 Å². The van der Waals surface area contributed by atoms with Gasteiger partial charge in [0.25, 0.3) is 0 Å². The third kappa shape index (κ3) is 3.61. The zero-order valence-corrected chi connectivity index (χ0v) is 13.3. The molecule has 1 aliphatic rings. The number of amidine groups is 1. The first kappa shape index (κ1) is 16.4. The van der Waals surface area contributed by atoms with Gasteiger partial charge >= 0.3 is 0 Å². The molecule has 1 heterocycles. The molecule has 1 fully saturated rings. The Morgan fingerprint density at radius 1 is 1.50 bits per heavy atom. The normalized spacial score (nSPS) is 20.9. The molecule has 22 heavy (non-hydrogen) atoms. The van der Waals surface area contributed by atoms with Crippen LogP contribution in [0, 0.1) is 6.92 Å². The summed E-state index contributed by atoms with van der Waals surface area (Å²) < 4.78 is 22.4. The number of benzene rings is 1. The van der Waals surface area contributed by atoms with Crippen molar-refractivity contribution in [2.24, 2.45) is 10.9 Å². The van der Waals surface area contributed by atoms with E-state index in [4.69, 9.17) is 29.9 Å². The predicted octanol–water partition coefficient (Wildman–Crippen LogP) is 1.63. The minimum Gasteiger partial charge on any atom is -0.493 e. The Kier molecular flexibility index (Phi) is 4.77. The fourth-order valence-corrected chi connectivity index (χ4v) is 2.31. The standard InChI is InChI=1S/C15H22N2O5/c1-9-5-10(14(16)17-18)6-12(19-4)13(9)20-7-11-8-21-15(2,3)22-11/h5-6,11,18H,7-8H2,1-4H3,(H2,16,17)/t11-/m1/s1. The maximum atomic E-state index is 8.77. The molecule has 0 bridgehead atoms. The Morgan fingerprint density at radius 2 is 2.23 bits per heavy atom. The lowest BCUT2D eigenvalue weighted by Gasteiger charge is -2.19. The molecule has 1 aromatic carbocycles. The van der Waals surface area contributed by atoms with Crippen molar-refractivity contribution in [2.75, 3.05) is 20.3 Å². The van der Waals surface area contributed by atoms with Gasteiger partial charge in [0, 0.05) is 5.56 Å². The second kappa shape index (κ2) is 6.41. The molecule has 0 aliphatic carbocycles. The first-order valence-electron chi connectivity index (χ1n) is 6.97. The first-order valence-corrected chi connectivity index (χ1v) is 6.97. The van der Waals surface area contributed by atoms with Gasteiger partial charge in [-0.2, -0.15) is 0 Å². The second-order valence-electron chi connectivity index (χ2n) is 5.57. The van der Waals surface area contributed by atoms with Gasteiger partial charge in [-0.05, 0) is 38.5 Å². The molecule has 122 valence electrons. The van der Waals surface area contributed by atoms with E-state index in [1.807, 2.05) is 20.8 Å². The molecule has 7 heteroatoms. The van der Waals surface area contributed by atoms with Gasteiger partial charge in [-0.15, -0.1) is 0 Å². The van der Waals surface area contributed by atoms with Gasteiger partial charge in [0.1, 0.15) is 12.7 Å². The van der Waals surface area contributed by atoms with Gasteiger partial charge in [0.05, 0.1) is 13.7 Å². The average Bonchev–Trinajstić information content (AvgIpc) is 2.83. The van der Waals surface area contributed by atoms with E-state index in [0.29, 0.717) is 30.3 Å². The van der Waals surface area contributed by atoms with Gasteiger partial charge < -0.3 is 29.9 Å². The van der Waals surface area contributed by atoms with Crippen molar-refractivity contribution in [2.45, 2.75) is 32.7 Å². The van der Waals surface area contributed by atoms with Gasteiger partial charge in [0.15, 0.2) is 23.1 Å². The Balaban J connectivity index is 2.14. The SMILES string of the molecule is COc1cc(C(N)=NO)cc(C)c1OC[C@@H]1COC(C)(C)O1. The minimum atomic E-state index is -0.580. The summed E-state index contributed by atoms with van der Waals surface area (Å²) in [4.78, 5) is 0. The minimum absolute atomic E-state index is 0.0159. The molecule has 0 unspecified atom stereocenters. The van der Waals surface area contributed by atoms with Crippen LogP contribution in [0.15, 0.2) is 17.3 Å². The lowest BCUT2D eigenvalue weighted by Crippen LogP contribution is -2.25. The Hall–Kier alpha value is -1.99. The summed E-state index contributed by atoms with van der Waals surface area (Å²) in [5.74, 6) is 0.551. The number of methoxy groups -OCH3 is 1. The van der Waals surface area contributed by atoms with E-state index >= 15 is 0 Å². The average molecular weight is 310 g/mol. The highest BCUT2D eigenvalue weighted by molar-refractivity contribution is 5.97. The van der Waals surface area contributed by atoms with E-state index in [-0.39, 0.29) is 11.9 Å². The van der Waals surface area contributed by atoms with E-state index in [1.54, 1.807) is 12.1 Å². The number of oxime groups is 1. The van der Waals surface area contributed by atoms with Crippen molar-refractivity contribution in [3.63, 3.8) is 0 Å². The van der Waals surface area contributed by atoms with E-state index in [1.165, 1.54) is 7.11 Å². The van der Waals surface area contributed by atoms with Crippen molar-refractivity contribution in [1.29, 1.82) is 0 Å². The number of aryl methyl sites for hydroxylation is 1. The third-order valence-electron chi connectivity index (χ3n) is 3.34. The van der Waals surface area contributed by atoms with Crippen molar-refractivity contribution in [3.8, 4) is 11.5 Å². The fraction of sp³-hybridized carbons (Fsp3) is 0.533. The molecule has 3 N–H and O–H groups in total. The van der Waals surface area contributed by atoms with Crippen LogP contribution in [0.2, 0.25) is 0 Å². The maximum absolute atomic E-state index is 8.77. The van der Waals surface area contributed by atoms with Crippen LogP contribution in [-0.2, 0) is 9.47 Å². The van der Waals surface area contributed by atoms with Gasteiger partial charge in [-0.1, -0.05) is 5.16 Å². The van der Waals surface area contributed by atoms with Crippen LogP contribution in [0.4, 0.5) is 0 Å². The van der Waals surface area contributed by atoms with Crippen molar-refractivity contribution < 1.29 is 24.2 Å². The van der Waals surface area contributed by atoms with Gasteiger partial charge in [0.2, 0.25) is 0 Å². The fourth-order valence-electron chi connectivity index (χ4n) is 2.31. The molecule has 7 nitrogen and oxygen atoms in total. The third-order valence-corrected chi connectivity index (χ3v) is 3.34. The summed E-state index contributed by atoms with van der Waals surface area (Å²) in [7, 11) is 1.54. The van der Waals surface area contributed by atoms with Crippen LogP contribution in [-0.4, -0.2) is 43.3 Å². The van der Waals surface area contributed by atoms with Gasteiger partial charge in [-0.3, -0.25) is 0 Å². The van der Waals surface area contributed by atoms with Crippen LogP contribution in [0.3, 0.4) is 0 Å². The number of nitrogens with zero attached hydrogens (tertiary/aromatic N) is 1. The van der Waals surface area contributed by atoms with Crippen LogP contribution >= 0.6 is 0 Å². The highest BCUT2D eigenvalue weighted by atomic mass is 16.7. The summed E-state index contributed by atoms with van der Waals surface area (Å²) in [5, 5.41) is 11.8. The van der Waals surface area contributed by atoms with E-state index in [9.17, 15) is 0 Å². The zero-order valence-electron chi connectivity index (χ0n) is 13.3. The smallest absolute Gasteiger partial charge is 0.170 e. The molecule has 0 spiro atoms. The number of nitrogens with two attached hydrogens (primary N) is 1. The lowest BCUT2D eigenvalue weighted by molar-refractivity contribution is -0.141. The van der Waals surface area contributed by atoms with Gasteiger partial charge in [-0.25, -0.2) is 0 Å². The number of ether oxygens (including phenoxy) is 4. The maximum Gasteiger partial charge on any atom is 0.170 e. The molecule has 0 saturated carbocycles. The Labute approximate surface area is 129 Å². The first-order chi connectivity index (χ1) is 10.4. The monoisotopic (exact) mass is 310 g/mol. The predicted molar refractivity (Wildman–Crippen MR) is 80.6 cm³/mol. The molecule has 0 radical (unpaired) electrons. The topological polar surface area (TPSA) is 95.5 Å². The molecule has 1 saturated heterocycles. The quantitative estimate of drug-likeness (QED) is 0.371. The summed E-state index contributed by atoms with van der Waals surface area (Å²) in [6.45, 7) is 6.43. The summed E-state index contributed by atoms with van der Waals surface area (Å²) in [6.07, 6.45) is -0.136. The van der Waals surface area contributed by atoms with E-state index < -0.39 is 5.79 Å². The second-order valence-corrected chi connectivity index (χ2v) is 5.57. The molecule has 1 atom stereocenters. The van der Waals surface area contributed by atoms with E-state index in [0.717, 1.165) is 5.56 Å². The number of hydrogen-bond acceptors (Lipinski definition) is 6. The largest absolute Gasteiger partial charge is 0.493 e. The molecule has 0 amide bonds. The number of hydrogen-bond donors (Lipinski definition) is 2. The van der Waals surface area contributed by atoms with Crippen LogP contribution in [0.1, 0.15) is 25.0 Å². The summed E-state index contributed by atoms with van der Waals surface area (Å²) >= 11 is 0. The Morgan fingerprint density at radius 3 is 2.77 bits per heavy atom. The number of rotatable bonds is 5.